The Morgan fingerprint density at radius 2 is 1.76 bits per heavy atom. The highest BCUT2D eigenvalue weighted by atomic mass is 19.1. The summed E-state index contributed by atoms with van der Waals surface area (Å²) in [7, 11) is 0. The fraction of sp³-hybridized carbons (Fsp3) is 0.227. The molecule has 1 N–H and O–H groups in total. The van der Waals surface area contributed by atoms with Gasteiger partial charge < -0.3 is 14.6 Å². The van der Waals surface area contributed by atoms with E-state index in [9.17, 15) is 23.9 Å². The number of fused-ring (bicyclic) bond motifs is 1. The minimum Gasteiger partial charge on any atom is -0.461 e. The molecule has 7 heteroatoms. The van der Waals surface area contributed by atoms with E-state index in [1.54, 1.807) is 19.1 Å². The van der Waals surface area contributed by atoms with Crippen molar-refractivity contribution in [2.75, 3.05) is 6.61 Å². The second kappa shape index (κ2) is 6.93. The van der Waals surface area contributed by atoms with Gasteiger partial charge in [0, 0.05) is 23.5 Å². The largest absolute Gasteiger partial charge is 0.461 e. The molecular formula is C22H17FO6. The van der Waals surface area contributed by atoms with E-state index in [0.717, 1.165) is 0 Å². The van der Waals surface area contributed by atoms with E-state index in [2.05, 4.69) is 0 Å². The van der Waals surface area contributed by atoms with E-state index in [1.165, 1.54) is 36.4 Å². The molecule has 1 aliphatic carbocycles. The van der Waals surface area contributed by atoms with Crippen LogP contribution >= 0.6 is 0 Å². The lowest BCUT2D eigenvalue weighted by molar-refractivity contribution is -0.220. The maximum Gasteiger partial charge on any atom is 0.379 e. The van der Waals surface area contributed by atoms with Crippen LogP contribution in [0.1, 0.15) is 45.5 Å². The van der Waals surface area contributed by atoms with Crippen LogP contribution in [0.3, 0.4) is 0 Å². The van der Waals surface area contributed by atoms with Crippen molar-refractivity contribution in [1.29, 1.82) is 0 Å². The number of hydrogen-bond acceptors (Lipinski definition) is 6. The molecule has 2 aromatic rings. The first-order valence-electron chi connectivity index (χ1n) is 9.12. The van der Waals surface area contributed by atoms with E-state index >= 15 is 0 Å². The first kappa shape index (κ1) is 19.0. The minimum absolute atomic E-state index is 0.00661. The van der Waals surface area contributed by atoms with Gasteiger partial charge in [-0.3, -0.25) is 9.59 Å². The van der Waals surface area contributed by atoms with Crippen LogP contribution in [0.2, 0.25) is 0 Å². The van der Waals surface area contributed by atoms with Crippen molar-refractivity contribution >= 4 is 17.5 Å². The number of carbonyl (C=O) groups is 3. The van der Waals surface area contributed by atoms with Crippen LogP contribution in [0, 0.1) is 5.82 Å². The van der Waals surface area contributed by atoms with Crippen LogP contribution < -0.4 is 0 Å². The van der Waals surface area contributed by atoms with Gasteiger partial charge in [0.15, 0.2) is 11.5 Å². The molecule has 2 atom stereocenters. The van der Waals surface area contributed by atoms with Gasteiger partial charge in [-0.25, -0.2) is 9.18 Å². The molecule has 2 aromatic carbocycles. The third-order valence-corrected chi connectivity index (χ3v) is 5.08. The summed E-state index contributed by atoms with van der Waals surface area (Å²) in [6.07, 6.45) is -0.350. The number of esters is 1. The topological polar surface area (TPSA) is 89.9 Å². The molecule has 4 rings (SSSR count). The molecule has 2 aliphatic rings. The summed E-state index contributed by atoms with van der Waals surface area (Å²) in [5.74, 6) is -6.27. The average Bonchev–Trinajstić information content (AvgIpc) is 2.72. The molecule has 0 radical (unpaired) electrons. The molecule has 0 aromatic heterocycles. The van der Waals surface area contributed by atoms with E-state index in [-0.39, 0.29) is 35.5 Å². The molecule has 1 heterocycles. The molecule has 1 aliphatic heterocycles. The van der Waals surface area contributed by atoms with Gasteiger partial charge in [0.25, 0.3) is 0 Å². The number of ketones is 2. The lowest BCUT2D eigenvalue weighted by Gasteiger charge is -2.39. The van der Waals surface area contributed by atoms with Crippen molar-refractivity contribution in [1.82, 2.24) is 0 Å². The Labute approximate surface area is 165 Å². The third kappa shape index (κ3) is 3.03. The lowest BCUT2D eigenvalue weighted by atomic mass is 9.75. The van der Waals surface area contributed by atoms with E-state index < -0.39 is 35.1 Å². The average molecular weight is 396 g/mol. The number of aliphatic hydroxyl groups is 1. The number of benzene rings is 2. The van der Waals surface area contributed by atoms with Gasteiger partial charge in [0.1, 0.15) is 5.82 Å². The summed E-state index contributed by atoms with van der Waals surface area (Å²) in [4.78, 5) is 38.6. The van der Waals surface area contributed by atoms with Crippen molar-refractivity contribution in [2.45, 2.75) is 25.0 Å². The Bertz CT molecular complexity index is 1060. The smallest absolute Gasteiger partial charge is 0.379 e. The summed E-state index contributed by atoms with van der Waals surface area (Å²) in [5, 5.41) is 10.9. The van der Waals surface area contributed by atoms with Gasteiger partial charge in [-0.05, 0) is 24.6 Å². The zero-order valence-corrected chi connectivity index (χ0v) is 15.5. The van der Waals surface area contributed by atoms with Crippen molar-refractivity contribution < 1.29 is 33.4 Å². The van der Waals surface area contributed by atoms with Crippen LogP contribution in [-0.4, -0.2) is 35.0 Å². The third-order valence-electron chi connectivity index (χ3n) is 5.08. The van der Waals surface area contributed by atoms with Crippen molar-refractivity contribution in [2.24, 2.45) is 0 Å². The Morgan fingerprint density at radius 3 is 2.38 bits per heavy atom. The highest BCUT2D eigenvalue weighted by Crippen LogP contribution is 2.46. The van der Waals surface area contributed by atoms with Gasteiger partial charge in [0.2, 0.25) is 5.78 Å². The first-order chi connectivity index (χ1) is 13.9. The van der Waals surface area contributed by atoms with Crippen LogP contribution in [0.15, 0.2) is 59.9 Å². The second-order valence-corrected chi connectivity index (χ2v) is 6.86. The number of carbonyl (C=O) groups excluding carboxylic acids is 3. The summed E-state index contributed by atoms with van der Waals surface area (Å²) in [5.41, 5.74) is 0.843. The maximum atomic E-state index is 13.4. The number of rotatable bonds is 3. The van der Waals surface area contributed by atoms with Gasteiger partial charge in [-0.15, -0.1) is 0 Å². The Hall–Kier alpha value is -3.32. The molecular weight excluding hydrogens is 379 g/mol. The highest BCUT2D eigenvalue weighted by Gasteiger charge is 2.53. The molecule has 0 saturated carbocycles. The molecule has 0 amide bonds. The maximum absolute atomic E-state index is 13.4. The summed E-state index contributed by atoms with van der Waals surface area (Å²) >= 11 is 0. The Kier molecular flexibility index (Phi) is 4.55. The molecule has 0 spiro atoms. The SMILES string of the molecule is CCOC(=O)C1(O)C[C@H](c2ccc(F)cc2)C2=C(O1)C(=O)c1ccccc1C2=O. The standard InChI is InChI=1S/C22H17FO6/c1-2-28-21(26)22(27)11-16(12-7-9-13(23)10-8-12)17-18(24)14-5-3-4-6-15(14)19(25)20(17)29-22/h3-10,16,27H,2,11H2,1H3/t16-,22?/m1/s1. The number of halogens is 1. The van der Waals surface area contributed by atoms with Crippen LogP contribution in [0.5, 0.6) is 0 Å². The lowest BCUT2D eigenvalue weighted by Crippen LogP contribution is -2.49. The number of Topliss-reactive ketones (excluding diaryl/α,β-unsaturated/α-hetero) is 2. The second-order valence-electron chi connectivity index (χ2n) is 6.86. The zero-order valence-electron chi connectivity index (χ0n) is 15.5. The Balaban J connectivity index is 1.90. The van der Waals surface area contributed by atoms with Crippen molar-refractivity contribution in [3.8, 4) is 0 Å². The van der Waals surface area contributed by atoms with Gasteiger partial charge in [0.05, 0.1) is 12.2 Å². The molecule has 148 valence electrons. The van der Waals surface area contributed by atoms with Gasteiger partial charge in [-0.2, -0.15) is 0 Å². The molecule has 6 nitrogen and oxygen atoms in total. The molecule has 29 heavy (non-hydrogen) atoms. The van der Waals surface area contributed by atoms with Crippen LogP contribution in [0.25, 0.3) is 0 Å². The number of allylic oxidation sites excluding steroid dienone is 2. The summed E-state index contributed by atoms with van der Waals surface area (Å²) in [6, 6.07) is 11.6. The van der Waals surface area contributed by atoms with E-state index in [0.29, 0.717) is 5.56 Å². The normalized spacial score (nSPS) is 23.2. The number of ether oxygens (including phenoxy) is 2. The predicted molar refractivity (Wildman–Crippen MR) is 98.6 cm³/mol. The minimum atomic E-state index is -2.45. The fourth-order valence-corrected chi connectivity index (χ4v) is 3.73. The first-order valence-corrected chi connectivity index (χ1v) is 9.12. The summed E-state index contributed by atoms with van der Waals surface area (Å²) in [6.45, 7) is 1.56. The summed E-state index contributed by atoms with van der Waals surface area (Å²) < 4.78 is 23.8. The van der Waals surface area contributed by atoms with E-state index in [4.69, 9.17) is 9.47 Å². The molecule has 1 unspecified atom stereocenters. The van der Waals surface area contributed by atoms with E-state index in [1.807, 2.05) is 0 Å². The molecule has 0 bridgehead atoms. The van der Waals surface area contributed by atoms with Crippen molar-refractivity contribution in [3.63, 3.8) is 0 Å². The Morgan fingerprint density at radius 1 is 1.14 bits per heavy atom. The fourth-order valence-electron chi connectivity index (χ4n) is 3.73. The van der Waals surface area contributed by atoms with Crippen LogP contribution in [0.4, 0.5) is 4.39 Å². The zero-order chi connectivity index (χ0) is 20.8. The van der Waals surface area contributed by atoms with Crippen molar-refractivity contribution in [3.05, 3.63) is 82.4 Å². The monoisotopic (exact) mass is 396 g/mol. The van der Waals surface area contributed by atoms with Gasteiger partial charge >= 0.3 is 11.8 Å². The molecule has 0 fully saturated rings. The quantitative estimate of drug-likeness (QED) is 0.803. The number of hydrogen-bond donors (Lipinski definition) is 1. The predicted octanol–water partition coefficient (Wildman–Crippen LogP) is 2.91. The van der Waals surface area contributed by atoms with Gasteiger partial charge in [-0.1, -0.05) is 36.4 Å². The molecule has 0 saturated heterocycles. The van der Waals surface area contributed by atoms with Crippen LogP contribution in [-0.2, 0) is 14.3 Å². The highest BCUT2D eigenvalue weighted by molar-refractivity contribution is 6.27.